The summed E-state index contributed by atoms with van der Waals surface area (Å²) in [5.41, 5.74) is -0.425. The van der Waals surface area contributed by atoms with Crippen LogP contribution in [0.2, 0.25) is 0 Å². The molecule has 2 N–H and O–H groups in total. The maximum atomic E-state index is 12.5. The minimum Gasteiger partial charge on any atom is -0.481 e. The van der Waals surface area contributed by atoms with Crippen LogP contribution in [0.25, 0.3) is 0 Å². The average molecular weight is 311 g/mol. The zero-order valence-corrected chi connectivity index (χ0v) is 13.8. The first-order valence-electron chi connectivity index (χ1n) is 8.44. The van der Waals surface area contributed by atoms with Crippen LogP contribution in [-0.4, -0.2) is 35.7 Å². The molecule has 0 bridgehead atoms. The van der Waals surface area contributed by atoms with Gasteiger partial charge >= 0.3 is 5.97 Å². The lowest BCUT2D eigenvalue weighted by Gasteiger charge is -2.40. The molecule has 1 aliphatic carbocycles. The number of carboxylic acids is 1. The molecule has 1 saturated heterocycles. The third-order valence-electron chi connectivity index (χ3n) is 5.50. The monoisotopic (exact) mass is 311 g/mol. The van der Waals surface area contributed by atoms with Crippen LogP contribution >= 0.6 is 0 Å². The molecule has 0 aromatic carbocycles. The van der Waals surface area contributed by atoms with Gasteiger partial charge in [0.25, 0.3) is 0 Å². The number of amides is 1. The van der Waals surface area contributed by atoms with E-state index in [-0.39, 0.29) is 17.7 Å². The quantitative estimate of drug-likeness (QED) is 0.818. The largest absolute Gasteiger partial charge is 0.481 e. The number of nitrogens with one attached hydrogen (secondary N) is 1. The van der Waals surface area contributed by atoms with Gasteiger partial charge in [-0.15, -0.1) is 0 Å². The Bertz CT molecular complexity index is 413. The van der Waals surface area contributed by atoms with Crippen molar-refractivity contribution < 1.29 is 19.4 Å². The van der Waals surface area contributed by atoms with Gasteiger partial charge < -0.3 is 15.2 Å². The van der Waals surface area contributed by atoms with Crippen LogP contribution in [0.4, 0.5) is 0 Å². The SMILES string of the molecule is CC1(C)CCCCC1CC(=O)NC1(CC(=O)O)CCOCC1. The molecule has 5 nitrogen and oxygen atoms in total. The van der Waals surface area contributed by atoms with Crippen molar-refractivity contribution in [3.63, 3.8) is 0 Å². The molecule has 0 radical (unpaired) electrons. The van der Waals surface area contributed by atoms with Crippen LogP contribution in [0, 0.1) is 11.3 Å². The van der Waals surface area contributed by atoms with E-state index >= 15 is 0 Å². The van der Waals surface area contributed by atoms with Crippen molar-refractivity contribution in [3.05, 3.63) is 0 Å². The minimum absolute atomic E-state index is 0.00289. The van der Waals surface area contributed by atoms with Crippen molar-refractivity contribution in [3.8, 4) is 0 Å². The van der Waals surface area contributed by atoms with Crippen LogP contribution in [-0.2, 0) is 14.3 Å². The highest BCUT2D eigenvalue weighted by Gasteiger charge is 2.38. The normalized spacial score (nSPS) is 27.1. The highest BCUT2D eigenvalue weighted by atomic mass is 16.5. The number of carbonyl (C=O) groups is 2. The molecule has 1 unspecified atom stereocenters. The van der Waals surface area contributed by atoms with Crippen molar-refractivity contribution in [2.45, 2.75) is 70.8 Å². The third kappa shape index (κ3) is 4.45. The van der Waals surface area contributed by atoms with Gasteiger partial charge in [0.15, 0.2) is 0 Å². The van der Waals surface area contributed by atoms with E-state index in [1.807, 2.05) is 0 Å². The number of hydrogen-bond donors (Lipinski definition) is 2. The molecular weight excluding hydrogens is 282 g/mol. The van der Waals surface area contributed by atoms with Crippen molar-refractivity contribution in [2.24, 2.45) is 11.3 Å². The number of carboxylic acid groups (broad SMARTS) is 1. The molecule has 5 heteroatoms. The van der Waals surface area contributed by atoms with Gasteiger partial charge in [-0.3, -0.25) is 9.59 Å². The molecule has 2 rings (SSSR count). The van der Waals surface area contributed by atoms with E-state index in [1.165, 1.54) is 19.3 Å². The van der Waals surface area contributed by atoms with E-state index < -0.39 is 11.5 Å². The second-order valence-corrected chi connectivity index (χ2v) is 7.65. The molecule has 1 aliphatic heterocycles. The van der Waals surface area contributed by atoms with Gasteiger partial charge in [0, 0.05) is 19.6 Å². The van der Waals surface area contributed by atoms with Crippen LogP contribution in [0.1, 0.15) is 65.2 Å². The Balaban J connectivity index is 1.97. The summed E-state index contributed by atoms with van der Waals surface area (Å²) in [6.45, 7) is 5.52. The maximum absolute atomic E-state index is 12.5. The molecule has 0 spiro atoms. The third-order valence-corrected chi connectivity index (χ3v) is 5.50. The van der Waals surface area contributed by atoms with E-state index in [4.69, 9.17) is 9.84 Å². The number of hydrogen-bond acceptors (Lipinski definition) is 3. The fourth-order valence-corrected chi connectivity index (χ4v) is 3.91. The Morgan fingerprint density at radius 3 is 2.45 bits per heavy atom. The summed E-state index contributed by atoms with van der Waals surface area (Å²) in [6.07, 6.45) is 6.35. The molecule has 0 aromatic heterocycles. The highest BCUT2D eigenvalue weighted by molar-refractivity contribution is 5.78. The fraction of sp³-hybridized carbons (Fsp3) is 0.882. The molecule has 0 aromatic rings. The smallest absolute Gasteiger partial charge is 0.305 e. The zero-order valence-electron chi connectivity index (χ0n) is 13.8. The van der Waals surface area contributed by atoms with E-state index in [1.54, 1.807) is 0 Å². The van der Waals surface area contributed by atoms with Gasteiger partial charge in [-0.1, -0.05) is 26.7 Å². The molecule has 1 amide bonds. The number of carbonyl (C=O) groups excluding carboxylic acids is 1. The second-order valence-electron chi connectivity index (χ2n) is 7.65. The minimum atomic E-state index is -0.861. The van der Waals surface area contributed by atoms with Gasteiger partial charge in [-0.25, -0.2) is 0 Å². The predicted molar refractivity (Wildman–Crippen MR) is 83.5 cm³/mol. The number of rotatable bonds is 5. The Morgan fingerprint density at radius 1 is 1.18 bits per heavy atom. The van der Waals surface area contributed by atoms with E-state index in [0.29, 0.717) is 38.4 Å². The first-order valence-corrected chi connectivity index (χ1v) is 8.44. The highest BCUT2D eigenvalue weighted by Crippen LogP contribution is 2.42. The molecule has 1 saturated carbocycles. The van der Waals surface area contributed by atoms with Crippen molar-refractivity contribution in [1.82, 2.24) is 5.32 Å². The summed E-state index contributed by atoms with van der Waals surface area (Å²) in [6, 6.07) is 0. The van der Waals surface area contributed by atoms with E-state index in [9.17, 15) is 9.59 Å². The van der Waals surface area contributed by atoms with Crippen LogP contribution < -0.4 is 5.32 Å². The van der Waals surface area contributed by atoms with Crippen molar-refractivity contribution in [2.75, 3.05) is 13.2 Å². The Kier molecular flexibility index (Phi) is 5.48. The summed E-state index contributed by atoms with van der Waals surface area (Å²) < 4.78 is 5.33. The number of aliphatic carboxylic acids is 1. The standard InChI is InChI=1S/C17H29NO4/c1-16(2)6-4-3-5-13(16)11-14(19)18-17(12-15(20)21)7-9-22-10-8-17/h13H,3-12H2,1-2H3,(H,18,19)(H,20,21). The molecule has 2 aliphatic rings. The molecule has 2 fully saturated rings. The van der Waals surface area contributed by atoms with Crippen molar-refractivity contribution in [1.29, 1.82) is 0 Å². The van der Waals surface area contributed by atoms with Crippen LogP contribution in [0.3, 0.4) is 0 Å². The van der Waals surface area contributed by atoms with Crippen LogP contribution in [0.5, 0.6) is 0 Å². The van der Waals surface area contributed by atoms with E-state index in [2.05, 4.69) is 19.2 Å². The zero-order chi connectivity index (χ0) is 16.2. The summed E-state index contributed by atoms with van der Waals surface area (Å²) in [7, 11) is 0. The average Bonchev–Trinajstić information content (AvgIpc) is 2.41. The van der Waals surface area contributed by atoms with Gasteiger partial charge in [-0.05, 0) is 37.0 Å². The molecule has 1 heterocycles. The fourth-order valence-electron chi connectivity index (χ4n) is 3.91. The molecular formula is C17H29NO4. The maximum Gasteiger partial charge on any atom is 0.305 e. The van der Waals surface area contributed by atoms with Crippen molar-refractivity contribution >= 4 is 11.9 Å². The first-order chi connectivity index (χ1) is 10.3. The summed E-state index contributed by atoms with van der Waals surface area (Å²) in [5.74, 6) is -0.466. The van der Waals surface area contributed by atoms with Gasteiger partial charge in [0.2, 0.25) is 5.91 Å². The topological polar surface area (TPSA) is 75.6 Å². The van der Waals surface area contributed by atoms with Gasteiger partial charge in [0.1, 0.15) is 0 Å². The Hall–Kier alpha value is -1.10. The lowest BCUT2D eigenvalue weighted by molar-refractivity contribution is -0.140. The first kappa shape index (κ1) is 17.3. The van der Waals surface area contributed by atoms with E-state index in [0.717, 1.165) is 6.42 Å². The Labute approximate surface area is 132 Å². The van der Waals surface area contributed by atoms with Crippen LogP contribution in [0.15, 0.2) is 0 Å². The predicted octanol–water partition coefficient (Wildman–Crippen LogP) is 2.73. The van der Waals surface area contributed by atoms with Gasteiger partial charge in [0.05, 0.1) is 12.0 Å². The molecule has 22 heavy (non-hydrogen) atoms. The molecule has 1 atom stereocenters. The van der Waals surface area contributed by atoms with Gasteiger partial charge in [-0.2, -0.15) is 0 Å². The number of ether oxygens (including phenoxy) is 1. The lowest BCUT2D eigenvalue weighted by atomic mass is 9.67. The molecule has 126 valence electrons. The summed E-state index contributed by atoms with van der Waals surface area (Å²) in [4.78, 5) is 23.7. The lowest BCUT2D eigenvalue weighted by Crippen LogP contribution is -2.53. The Morgan fingerprint density at radius 2 is 1.86 bits per heavy atom. The summed E-state index contributed by atoms with van der Waals surface area (Å²) in [5, 5.41) is 12.2. The second kappa shape index (κ2) is 6.99. The summed E-state index contributed by atoms with van der Waals surface area (Å²) >= 11 is 0.